The number of hydrogen-bond acceptors (Lipinski definition) is 5. The molecule has 16 heavy (non-hydrogen) atoms. The van der Waals surface area contributed by atoms with Crippen LogP contribution in [0.3, 0.4) is 0 Å². The minimum absolute atomic E-state index is 0.0820. The van der Waals surface area contributed by atoms with Crippen molar-refractivity contribution in [3.63, 3.8) is 0 Å². The SMILES string of the molecule is CC1(C)OC[C@@H](CC=O)[C@@H](c2cncs2)O1. The molecule has 1 fully saturated rings. The standard InChI is InChI=1S/C11H15NO3S/c1-11(2)14-6-8(3-4-13)10(15-11)9-5-12-7-16-9/h4-5,7-8,10H,3,6H2,1-2H3/t8-,10+/m1/s1. The average molecular weight is 241 g/mol. The molecule has 0 radical (unpaired) electrons. The molecule has 5 heteroatoms. The quantitative estimate of drug-likeness (QED) is 0.761. The Hall–Kier alpha value is -0.780. The monoisotopic (exact) mass is 241 g/mol. The largest absolute Gasteiger partial charge is 0.350 e. The maximum Gasteiger partial charge on any atom is 0.163 e. The van der Waals surface area contributed by atoms with Crippen molar-refractivity contribution in [1.82, 2.24) is 4.98 Å². The third-order valence-corrected chi connectivity index (χ3v) is 3.45. The molecule has 0 unspecified atom stereocenters. The molecule has 2 rings (SSSR count). The van der Waals surface area contributed by atoms with Gasteiger partial charge < -0.3 is 14.3 Å². The summed E-state index contributed by atoms with van der Waals surface area (Å²) in [4.78, 5) is 15.7. The molecule has 88 valence electrons. The summed E-state index contributed by atoms with van der Waals surface area (Å²) in [7, 11) is 0. The molecule has 1 aromatic rings. The van der Waals surface area contributed by atoms with E-state index in [0.717, 1.165) is 11.2 Å². The molecular weight excluding hydrogens is 226 g/mol. The summed E-state index contributed by atoms with van der Waals surface area (Å²) < 4.78 is 11.4. The zero-order valence-corrected chi connectivity index (χ0v) is 10.2. The highest BCUT2D eigenvalue weighted by atomic mass is 32.1. The molecule has 4 nitrogen and oxygen atoms in total. The molecule has 0 amide bonds. The average Bonchev–Trinajstić information content (AvgIpc) is 2.74. The number of hydrogen-bond donors (Lipinski definition) is 0. The van der Waals surface area contributed by atoms with Crippen LogP contribution in [-0.2, 0) is 14.3 Å². The zero-order chi connectivity index (χ0) is 11.6. The van der Waals surface area contributed by atoms with Gasteiger partial charge in [-0.05, 0) is 13.8 Å². The molecule has 1 saturated heterocycles. The van der Waals surface area contributed by atoms with Crippen molar-refractivity contribution in [3.8, 4) is 0 Å². The van der Waals surface area contributed by atoms with E-state index in [1.807, 2.05) is 13.8 Å². The van der Waals surface area contributed by atoms with Crippen molar-refractivity contribution >= 4 is 17.6 Å². The van der Waals surface area contributed by atoms with E-state index in [4.69, 9.17) is 9.47 Å². The molecule has 1 aliphatic rings. The highest BCUT2D eigenvalue weighted by molar-refractivity contribution is 7.09. The lowest BCUT2D eigenvalue weighted by atomic mass is 9.97. The van der Waals surface area contributed by atoms with Crippen LogP contribution in [0.15, 0.2) is 11.7 Å². The topological polar surface area (TPSA) is 48.4 Å². The summed E-state index contributed by atoms with van der Waals surface area (Å²) in [5, 5.41) is 0. The number of thiazole rings is 1. The molecule has 2 heterocycles. The lowest BCUT2D eigenvalue weighted by molar-refractivity contribution is -0.294. The third-order valence-electron chi connectivity index (χ3n) is 2.61. The Morgan fingerprint density at radius 1 is 1.69 bits per heavy atom. The zero-order valence-electron chi connectivity index (χ0n) is 9.38. The highest BCUT2D eigenvalue weighted by Gasteiger charge is 2.37. The molecule has 1 aromatic heterocycles. The summed E-state index contributed by atoms with van der Waals surface area (Å²) in [6.45, 7) is 4.32. The van der Waals surface area contributed by atoms with Gasteiger partial charge in [-0.2, -0.15) is 0 Å². The van der Waals surface area contributed by atoms with Crippen LogP contribution in [0.25, 0.3) is 0 Å². The van der Waals surface area contributed by atoms with E-state index in [2.05, 4.69) is 4.98 Å². The minimum Gasteiger partial charge on any atom is -0.350 e. The fraction of sp³-hybridized carbons (Fsp3) is 0.636. The van der Waals surface area contributed by atoms with Crippen molar-refractivity contribution < 1.29 is 14.3 Å². The Labute approximate surface area is 98.6 Å². The van der Waals surface area contributed by atoms with Crippen molar-refractivity contribution in [2.24, 2.45) is 5.92 Å². The second kappa shape index (κ2) is 4.61. The Morgan fingerprint density at radius 2 is 2.50 bits per heavy atom. The number of ether oxygens (including phenoxy) is 2. The highest BCUT2D eigenvalue weighted by Crippen LogP contribution is 2.39. The third kappa shape index (κ3) is 2.48. The van der Waals surface area contributed by atoms with Gasteiger partial charge in [0.2, 0.25) is 0 Å². The second-order valence-electron chi connectivity index (χ2n) is 4.32. The summed E-state index contributed by atoms with van der Waals surface area (Å²) >= 11 is 1.55. The van der Waals surface area contributed by atoms with Gasteiger partial charge >= 0.3 is 0 Å². The summed E-state index contributed by atoms with van der Waals surface area (Å²) in [6, 6.07) is 0. The Morgan fingerprint density at radius 3 is 3.12 bits per heavy atom. The lowest BCUT2D eigenvalue weighted by Gasteiger charge is -2.40. The maximum absolute atomic E-state index is 10.6. The van der Waals surface area contributed by atoms with E-state index in [1.165, 1.54) is 0 Å². The first-order chi connectivity index (χ1) is 7.62. The van der Waals surface area contributed by atoms with Gasteiger partial charge in [0.25, 0.3) is 0 Å². The first-order valence-electron chi connectivity index (χ1n) is 5.26. The molecule has 1 aliphatic heterocycles. The van der Waals surface area contributed by atoms with E-state index in [1.54, 1.807) is 23.0 Å². The molecule has 0 bridgehead atoms. The van der Waals surface area contributed by atoms with Gasteiger partial charge in [-0.3, -0.25) is 4.98 Å². The Bertz CT molecular complexity index is 350. The predicted octanol–water partition coefficient (Wildman–Crippen LogP) is 2.17. The van der Waals surface area contributed by atoms with Crippen molar-refractivity contribution in [3.05, 3.63) is 16.6 Å². The second-order valence-corrected chi connectivity index (χ2v) is 5.23. The van der Waals surface area contributed by atoms with Gasteiger partial charge in [0.15, 0.2) is 5.79 Å². The maximum atomic E-state index is 10.6. The molecular formula is C11H15NO3S. The number of aromatic nitrogens is 1. The molecule has 0 N–H and O–H groups in total. The van der Waals surface area contributed by atoms with Crippen LogP contribution in [0.4, 0.5) is 0 Å². The van der Waals surface area contributed by atoms with Crippen molar-refractivity contribution in [2.75, 3.05) is 6.61 Å². The Balaban J connectivity index is 2.18. The molecule has 0 saturated carbocycles. The molecule has 2 atom stereocenters. The number of carbonyl (C=O) groups is 1. The van der Waals surface area contributed by atoms with Crippen LogP contribution in [0, 0.1) is 5.92 Å². The first kappa shape index (κ1) is 11.7. The van der Waals surface area contributed by atoms with Crippen LogP contribution in [0.1, 0.15) is 31.2 Å². The summed E-state index contributed by atoms with van der Waals surface area (Å²) in [5.41, 5.74) is 1.78. The fourth-order valence-electron chi connectivity index (χ4n) is 1.80. The molecule has 0 aliphatic carbocycles. The molecule has 0 spiro atoms. The van der Waals surface area contributed by atoms with Crippen molar-refractivity contribution in [1.29, 1.82) is 0 Å². The van der Waals surface area contributed by atoms with Gasteiger partial charge in [0.1, 0.15) is 12.4 Å². The lowest BCUT2D eigenvalue weighted by Crippen LogP contribution is -2.41. The van der Waals surface area contributed by atoms with Gasteiger partial charge in [-0.1, -0.05) is 0 Å². The van der Waals surface area contributed by atoms with E-state index in [-0.39, 0.29) is 12.0 Å². The van der Waals surface area contributed by atoms with Gasteiger partial charge in [-0.15, -0.1) is 11.3 Å². The van der Waals surface area contributed by atoms with Crippen LogP contribution in [0.5, 0.6) is 0 Å². The van der Waals surface area contributed by atoms with Crippen molar-refractivity contribution in [2.45, 2.75) is 32.2 Å². The van der Waals surface area contributed by atoms with Crippen LogP contribution in [0.2, 0.25) is 0 Å². The van der Waals surface area contributed by atoms with E-state index in [0.29, 0.717) is 13.0 Å². The van der Waals surface area contributed by atoms with E-state index < -0.39 is 5.79 Å². The smallest absolute Gasteiger partial charge is 0.163 e. The predicted molar refractivity (Wildman–Crippen MR) is 60.1 cm³/mol. The van der Waals surface area contributed by atoms with E-state index in [9.17, 15) is 4.79 Å². The number of nitrogens with zero attached hydrogens (tertiary/aromatic N) is 1. The number of carbonyl (C=O) groups excluding carboxylic acids is 1. The van der Waals surface area contributed by atoms with Crippen LogP contribution >= 0.6 is 11.3 Å². The van der Waals surface area contributed by atoms with Crippen LogP contribution in [-0.4, -0.2) is 23.7 Å². The normalized spacial score (nSPS) is 28.9. The minimum atomic E-state index is -0.589. The van der Waals surface area contributed by atoms with E-state index >= 15 is 0 Å². The number of rotatable bonds is 3. The Kier molecular flexibility index (Phi) is 3.37. The first-order valence-corrected chi connectivity index (χ1v) is 6.14. The summed E-state index contributed by atoms with van der Waals surface area (Å²) in [6.07, 6.45) is 3.10. The number of aldehydes is 1. The van der Waals surface area contributed by atoms with Gasteiger partial charge in [0.05, 0.1) is 17.0 Å². The summed E-state index contributed by atoms with van der Waals surface area (Å²) in [5.74, 6) is -0.500. The van der Waals surface area contributed by atoms with Crippen LogP contribution < -0.4 is 0 Å². The molecule has 0 aromatic carbocycles. The van der Waals surface area contributed by atoms with Gasteiger partial charge in [-0.25, -0.2) is 0 Å². The van der Waals surface area contributed by atoms with Gasteiger partial charge in [0, 0.05) is 18.5 Å². The fourth-order valence-corrected chi connectivity index (χ4v) is 2.54.